The highest BCUT2D eigenvalue weighted by Crippen LogP contribution is 2.36. The second-order valence-corrected chi connectivity index (χ2v) is 3.54. The Bertz CT molecular complexity index is 141. The Kier molecular flexibility index (Phi) is 4.88. The average Bonchev–Trinajstić information content (AvgIpc) is 1.88. The second-order valence-electron chi connectivity index (χ2n) is 2.30. The van der Waals surface area contributed by atoms with Crippen molar-refractivity contribution in [1.29, 1.82) is 0 Å². The molecule has 0 radical (unpaired) electrons. The van der Waals surface area contributed by atoms with Crippen molar-refractivity contribution in [3.63, 3.8) is 0 Å². The Hall–Kier alpha value is 0.0700. The Morgan fingerprint density at radius 1 is 1.64 bits per heavy atom. The van der Waals surface area contributed by atoms with E-state index in [-0.39, 0.29) is 12.5 Å². The molecule has 0 aliphatic heterocycles. The van der Waals surface area contributed by atoms with Gasteiger partial charge in [-0.15, -0.1) is 0 Å². The number of phosphoric ester groups is 1. The van der Waals surface area contributed by atoms with Crippen LogP contribution in [0.4, 0.5) is 0 Å². The van der Waals surface area contributed by atoms with E-state index in [0.717, 1.165) is 6.42 Å². The minimum Gasteiger partial charge on any atom is -0.330 e. The van der Waals surface area contributed by atoms with Gasteiger partial charge in [-0.05, 0) is 18.9 Å². The molecule has 6 heteroatoms. The molecule has 0 aromatic heterocycles. The fourth-order valence-electron chi connectivity index (χ4n) is 0.555. The minimum atomic E-state index is -4.30. The molecule has 0 rings (SSSR count). The van der Waals surface area contributed by atoms with Crippen molar-refractivity contribution >= 4 is 7.82 Å². The van der Waals surface area contributed by atoms with E-state index in [1.54, 1.807) is 0 Å². The summed E-state index contributed by atoms with van der Waals surface area (Å²) in [6.07, 6.45) is 0.760. The summed E-state index contributed by atoms with van der Waals surface area (Å²) in [6, 6.07) is 0. The number of hydrogen-bond acceptors (Lipinski definition) is 3. The Labute approximate surface area is 65.8 Å². The quantitative estimate of drug-likeness (QED) is 0.525. The van der Waals surface area contributed by atoms with Crippen molar-refractivity contribution in [3.8, 4) is 0 Å². The molecular formula is C5H14NO4P. The van der Waals surface area contributed by atoms with E-state index in [0.29, 0.717) is 6.54 Å². The fourth-order valence-corrected chi connectivity index (χ4v) is 0.960. The molecule has 4 N–H and O–H groups in total. The molecule has 0 aromatic carbocycles. The lowest BCUT2D eigenvalue weighted by atomic mass is 10.1. The molecule has 0 amide bonds. The van der Waals surface area contributed by atoms with Gasteiger partial charge in [0.15, 0.2) is 0 Å². The molecule has 5 nitrogen and oxygen atoms in total. The van der Waals surface area contributed by atoms with Crippen LogP contribution in [0.3, 0.4) is 0 Å². The first-order chi connectivity index (χ1) is 4.99. The normalized spacial score (nSPS) is 14.9. The molecular weight excluding hydrogens is 169 g/mol. The summed E-state index contributed by atoms with van der Waals surface area (Å²) in [5, 5.41) is 0. The van der Waals surface area contributed by atoms with Gasteiger partial charge in [-0.3, -0.25) is 4.52 Å². The highest BCUT2D eigenvalue weighted by atomic mass is 31.2. The summed E-state index contributed by atoms with van der Waals surface area (Å²) < 4.78 is 14.5. The van der Waals surface area contributed by atoms with Crippen molar-refractivity contribution in [3.05, 3.63) is 0 Å². The minimum absolute atomic E-state index is 0.0251. The average molecular weight is 183 g/mol. The third-order valence-electron chi connectivity index (χ3n) is 1.39. The lowest BCUT2D eigenvalue weighted by molar-refractivity contribution is 0.168. The fraction of sp³-hybridized carbons (Fsp3) is 1.00. The van der Waals surface area contributed by atoms with Gasteiger partial charge in [-0.25, -0.2) is 4.57 Å². The van der Waals surface area contributed by atoms with Crippen molar-refractivity contribution < 1.29 is 18.9 Å². The Balaban J connectivity index is 3.59. The van der Waals surface area contributed by atoms with E-state index in [1.165, 1.54) is 0 Å². The van der Waals surface area contributed by atoms with Crippen LogP contribution in [0, 0.1) is 5.92 Å². The SMILES string of the molecule is CCC(CN)COP(=O)(O)O. The zero-order valence-corrected chi connectivity index (χ0v) is 7.33. The molecule has 11 heavy (non-hydrogen) atoms. The van der Waals surface area contributed by atoms with Gasteiger partial charge in [0.2, 0.25) is 0 Å². The van der Waals surface area contributed by atoms with Crippen molar-refractivity contribution in [2.45, 2.75) is 13.3 Å². The zero-order chi connectivity index (χ0) is 8.91. The van der Waals surface area contributed by atoms with Crippen LogP contribution in [0.25, 0.3) is 0 Å². The van der Waals surface area contributed by atoms with Gasteiger partial charge in [0.25, 0.3) is 0 Å². The molecule has 1 atom stereocenters. The first-order valence-corrected chi connectivity index (χ1v) is 4.92. The number of phosphoric acid groups is 1. The summed E-state index contributed by atoms with van der Waals surface area (Å²) in [5.41, 5.74) is 5.28. The summed E-state index contributed by atoms with van der Waals surface area (Å²) in [6.45, 7) is 2.30. The maximum absolute atomic E-state index is 10.2. The number of rotatable bonds is 5. The first kappa shape index (κ1) is 11.1. The number of nitrogens with two attached hydrogens (primary N) is 1. The molecule has 0 bridgehead atoms. The molecule has 0 fully saturated rings. The maximum atomic E-state index is 10.2. The highest BCUT2D eigenvalue weighted by molar-refractivity contribution is 7.46. The number of hydrogen-bond donors (Lipinski definition) is 3. The summed E-state index contributed by atoms with van der Waals surface area (Å²) in [5.74, 6) is 0.0302. The van der Waals surface area contributed by atoms with Crippen LogP contribution in [-0.2, 0) is 9.09 Å². The van der Waals surface area contributed by atoms with Crippen LogP contribution in [-0.4, -0.2) is 22.9 Å². The van der Waals surface area contributed by atoms with Crippen LogP contribution in [0.15, 0.2) is 0 Å². The molecule has 1 unspecified atom stereocenters. The first-order valence-electron chi connectivity index (χ1n) is 3.39. The molecule has 0 aromatic rings. The summed E-state index contributed by atoms with van der Waals surface area (Å²) >= 11 is 0. The van der Waals surface area contributed by atoms with E-state index in [1.807, 2.05) is 6.92 Å². The predicted molar refractivity (Wildman–Crippen MR) is 40.8 cm³/mol. The van der Waals surface area contributed by atoms with Crippen LogP contribution in [0.1, 0.15) is 13.3 Å². The van der Waals surface area contributed by atoms with Crippen LogP contribution >= 0.6 is 7.82 Å². The van der Waals surface area contributed by atoms with Crippen LogP contribution in [0.2, 0.25) is 0 Å². The smallest absolute Gasteiger partial charge is 0.330 e. The van der Waals surface area contributed by atoms with Gasteiger partial charge in [0.05, 0.1) is 6.61 Å². The lowest BCUT2D eigenvalue weighted by Gasteiger charge is -2.12. The zero-order valence-electron chi connectivity index (χ0n) is 6.43. The summed E-state index contributed by atoms with van der Waals surface area (Å²) in [7, 11) is -4.30. The van der Waals surface area contributed by atoms with Gasteiger partial charge >= 0.3 is 7.82 Å². The van der Waals surface area contributed by atoms with E-state index in [4.69, 9.17) is 15.5 Å². The molecule has 0 saturated carbocycles. The van der Waals surface area contributed by atoms with Gasteiger partial charge in [-0.1, -0.05) is 6.92 Å². The second kappa shape index (κ2) is 4.85. The Morgan fingerprint density at radius 2 is 2.18 bits per heavy atom. The van der Waals surface area contributed by atoms with Gasteiger partial charge in [-0.2, -0.15) is 0 Å². The van der Waals surface area contributed by atoms with E-state index >= 15 is 0 Å². The van der Waals surface area contributed by atoms with E-state index in [2.05, 4.69) is 4.52 Å². The third kappa shape index (κ3) is 6.47. The van der Waals surface area contributed by atoms with Crippen LogP contribution < -0.4 is 5.73 Å². The maximum Gasteiger partial charge on any atom is 0.469 e. The molecule has 0 saturated heterocycles. The van der Waals surface area contributed by atoms with Gasteiger partial charge < -0.3 is 15.5 Å². The van der Waals surface area contributed by atoms with Gasteiger partial charge in [0, 0.05) is 0 Å². The largest absolute Gasteiger partial charge is 0.469 e. The van der Waals surface area contributed by atoms with Crippen molar-refractivity contribution in [2.24, 2.45) is 11.7 Å². The van der Waals surface area contributed by atoms with Gasteiger partial charge in [0.1, 0.15) is 0 Å². The lowest BCUT2D eigenvalue weighted by Crippen LogP contribution is -2.18. The standard InChI is InChI=1S/C5H14NO4P/c1-2-5(3-6)4-10-11(7,8)9/h5H,2-4,6H2,1H3,(H2,7,8,9). The molecule has 0 heterocycles. The predicted octanol–water partition coefficient (Wildman–Crippen LogP) is 0.0806. The highest BCUT2D eigenvalue weighted by Gasteiger charge is 2.16. The van der Waals surface area contributed by atoms with E-state index in [9.17, 15) is 4.57 Å². The topological polar surface area (TPSA) is 92.8 Å². The molecule has 0 aliphatic carbocycles. The summed E-state index contributed by atoms with van der Waals surface area (Å²) in [4.78, 5) is 16.6. The third-order valence-corrected chi connectivity index (χ3v) is 1.87. The molecule has 68 valence electrons. The Morgan fingerprint density at radius 3 is 2.45 bits per heavy atom. The molecule has 0 spiro atoms. The molecule has 0 aliphatic rings. The van der Waals surface area contributed by atoms with Crippen molar-refractivity contribution in [1.82, 2.24) is 0 Å². The van der Waals surface area contributed by atoms with E-state index < -0.39 is 7.82 Å². The monoisotopic (exact) mass is 183 g/mol. The van der Waals surface area contributed by atoms with Crippen molar-refractivity contribution in [2.75, 3.05) is 13.2 Å². The van der Waals surface area contributed by atoms with Crippen LogP contribution in [0.5, 0.6) is 0 Å².